The van der Waals surface area contributed by atoms with Gasteiger partial charge in [0, 0.05) is 30.5 Å². The van der Waals surface area contributed by atoms with Crippen LogP contribution in [0, 0.1) is 20.8 Å². The van der Waals surface area contributed by atoms with Crippen molar-refractivity contribution in [2.24, 2.45) is 0 Å². The molecule has 0 aliphatic rings. The first kappa shape index (κ1) is 20.3. The van der Waals surface area contributed by atoms with Gasteiger partial charge in [0.2, 0.25) is 5.91 Å². The Labute approximate surface area is 182 Å². The van der Waals surface area contributed by atoms with Crippen LogP contribution in [0.3, 0.4) is 0 Å². The van der Waals surface area contributed by atoms with Crippen molar-refractivity contribution in [3.8, 4) is 11.3 Å². The molecule has 0 saturated heterocycles. The minimum atomic E-state index is -0.0980. The molecule has 4 rings (SSSR count). The standard InChI is InChI=1S/C21H23BrN6O2/c1-13-19-16(17-6-4-11-30-17)7-9-24-21(19)28(25-13)12-18(29)23-8-5-10-27-15(3)20(22)14(2)26-27/h4,6-7,9,11H,5,8,10,12H2,1-3H3,(H,23,29). The molecule has 156 valence electrons. The van der Waals surface area contributed by atoms with Gasteiger partial charge >= 0.3 is 0 Å². The third-order valence-corrected chi connectivity index (χ3v) is 6.20. The number of nitrogens with one attached hydrogen (secondary N) is 1. The fourth-order valence-electron chi connectivity index (χ4n) is 3.57. The lowest BCUT2D eigenvalue weighted by Gasteiger charge is -2.07. The molecule has 30 heavy (non-hydrogen) atoms. The zero-order valence-corrected chi connectivity index (χ0v) is 18.7. The number of hydrogen-bond acceptors (Lipinski definition) is 5. The molecule has 1 N–H and O–H groups in total. The molecule has 0 aliphatic heterocycles. The van der Waals surface area contributed by atoms with E-state index in [4.69, 9.17) is 4.42 Å². The van der Waals surface area contributed by atoms with Gasteiger partial charge in [-0.15, -0.1) is 0 Å². The fourth-order valence-corrected chi connectivity index (χ4v) is 3.85. The van der Waals surface area contributed by atoms with Gasteiger partial charge in [0.05, 0.1) is 27.5 Å². The number of rotatable bonds is 7. The van der Waals surface area contributed by atoms with Crippen LogP contribution in [0.4, 0.5) is 0 Å². The second-order valence-electron chi connectivity index (χ2n) is 7.19. The third-order valence-electron chi connectivity index (χ3n) is 5.05. The van der Waals surface area contributed by atoms with Gasteiger partial charge < -0.3 is 9.73 Å². The predicted molar refractivity (Wildman–Crippen MR) is 117 cm³/mol. The van der Waals surface area contributed by atoms with Crippen molar-refractivity contribution in [2.45, 2.75) is 40.3 Å². The average molecular weight is 471 g/mol. The molecule has 0 atom stereocenters. The van der Waals surface area contributed by atoms with E-state index in [0.717, 1.165) is 51.2 Å². The third kappa shape index (κ3) is 3.89. The Morgan fingerprint density at radius 3 is 2.67 bits per heavy atom. The molecular weight excluding hydrogens is 448 g/mol. The number of hydrogen-bond donors (Lipinski definition) is 1. The van der Waals surface area contributed by atoms with Crippen LogP contribution in [0.2, 0.25) is 0 Å². The molecule has 4 aromatic rings. The van der Waals surface area contributed by atoms with Crippen molar-refractivity contribution < 1.29 is 9.21 Å². The zero-order chi connectivity index (χ0) is 21.3. The molecule has 4 heterocycles. The molecule has 0 bridgehead atoms. The highest BCUT2D eigenvalue weighted by Gasteiger charge is 2.17. The first-order chi connectivity index (χ1) is 14.5. The number of fused-ring (bicyclic) bond motifs is 1. The number of aromatic nitrogens is 5. The molecule has 0 fully saturated rings. The molecule has 4 aromatic heterocycles. The van der Waals surface area contributed by atoms with E-state index >= 15 is 0 Å². The lowest BCUT2D eigenvalue weighted by molar-refractivity contribution is -0.121. The summed E-state index contributed by atoms with van der Waals surface area (Å²) < 4.78 is 10.2. The van der Waals surface area contributed by atoms with Gasteiger partial charge in [0.25, 0.3) is 0 Å². The summed E-state index contributed by atoms with van der Waals surface area (Å²) >= 11 is 3.53. The summed E-state index contributed by atoms with van der Waals surface area (Å²) in [7, 11) is 0. The lowest BCUT2D eigenvalue weighted by Crippen LogP contribution is -2.29. The van der Waals surface area contributed by atoms with E-state index in [-0.39, 0.29) is 12.5 Å². The van der Waals surface area contributed by atoms with Crippen LogP contribution >= 0.6 is 15.9 Å². The van der Waals surface area contributed by atoms with Crippen LogP contribution in [0.5, 0.6) is 0 Å². The Morgan fingerprint density at radius 1 is 1.17 bits per heavy atom. The summed E-state index contributed by atoms with van der Waals surface area (Å²) in [4.78, 5) is 16.9. The quantitative estimate of drug-likeness (QED) is 0.415. The van der Waals surface area contributed by atoms with Crippen molar-refractivity contribution >= 4 is 32.9 Å². The van der Waals surface area contributed by atoms with Crippen molar-refractivity contribution in [1.82, 2.24) is 29.9 Å². The van der Waals surface area contributed by atoms with Crippen molar-refractivity contribution in [1.29, 1.82) is 0 Å². The summed E-state index contributed by atoms with van der Waals surface area (Å²) in [5.41, 5.74) is 4.47. The van der Waals surface area contributed by atoms with Crippen molar-refractivity contribution in [2.75, 3.05) is 6.54 Å². The summed E-state index contributed by atoms with van der Waals surface area (Å²) in [5, 5.41) is 12.9. The Kier molecular flexibility index (Phi) is 5.72. The normalized spacial score (nSPS) is 11.3. The highest BCUT2D eigenvalue weighted by atomic mass is 79.9. The van der Waals surface area contributed by atoms with Crippen LogP contribution in [0.1, 0.15) is 23.5 Å². The van der Waals surface area contributed by atoms with E-state index in [2.05, 4.69) is 36.4 Å². The monoisotopic (exact) mass is 470 g/mol. The summed E-state index contributed by atoms with van der Waals surface area (Å²) in [5.74, 6) is 0.657. The maximum absolute atomic E-state index is 12.5. The number of halogens is 1. The van der Waals surface area contributed by atoms with Gasteiger partial charge in [-0.2, -0.15) is 10.2 Å². The fraction of sp³-hybridized carbons (Fsp3) is 0.333. The number of nitrogens with zero attached hydrogens (tertiary/aromatic N) is 5. The van der Waals surface area contributed by atoms with E-state index in [0.29, 0.717) is 12.2 Å². The van der Waals surface area contributed by atoms with E-state index in [1.165, 1.54) is 0 Å². The Balaban J connectivity index is 1.40. The molecule has 0 aliphatic carbocycles. The molecule has 0 saturated carbocycles. The largest absolute Gasteiger partial charge is 0.464 e. The minimum Gasteiger partial charge on any atom is -0.464 e. The summed E-state index contributed by atoms with van der Waals surface area (Å²) in [6.07, 6.45) is 4.14. The van der Waals surface area contributed by atoms with Crippen molar-refractivity contribution in [3.63, 3.8) is 0 Å². The maximum Gasteiger partial charge on any atom is 0.241 e. The number of carbonyl (C=O) groups excluding carboxylic acids is 1. The molecule has 9 heteroatoms. The Bertz CT molecular complexity index is 1190. The number of carbonyl (C=O) groups is 1. The molecule has 0 spiro atoms. The molecular formula is C21H23BrN6O2. The summed E-state index contributed by atoms with van der Waals surface area (Å²) in [6, 6.07) is 5.65. The van der Waals surface area contributed by atoms with Gasteiger partial charge in [-0.1, -0.05) is 0 Å². The topological polar surface area (TPSA) is 90.8 Å². The highest BCUT2D eigenvalue weighted by Crippen LogP contribution is 2.29. The number of aryl methyl sites for hydroxylation is 3. The molecule has 0 aromatic carbocycles. The molecule has 1 amide bonds. The minimum absolute atomic E-state index is 0.0980. The lowest BCUT2D eigenvalue weighted by atomic mass is 10.1. The van der Waals surface area contributed by atoms with Crippen LogP contribution in [0.15, 0.2) is 39.5 Å². The first-order valence-electron chi connectivity index (χ1n) is 9.78. The van der Waals surface area contributed by atoms with Crippen LogP contribution < -0.4 is 5.32 Å². The van der Waals surface area contributed by atoms with Gasteiger partial charge in [-0.3, -0.25) is 9.48 Å². The number of amides is 1. The second kappa shape index (κ2) is 8.43. The molecule has 8 nitrogen and oxygen atoms in total. The van der Waals surface area contributed by atoms with E-state index < -0.39 is 0 Å². The Hall–Kier alpha value is -2.94. The predicted octanol–water partition coefficient (Wildman–Crippen LogP) is 3.78. The Morgan fingerprint density at radius 2 is 1.97 bits per heavy atom. The van der Waals surface area contributed by atoms with Crippen LogP contribution in [0.25, 0.3) is 22.4 Å². The van der Waals surface area contributed by atoms with Crippen LogP contribution in [-0.4, -0.2) is 37.0 Å². The maximum atomic E-state index is 12.5. The number of pyridine rings is 1. The SMILES string of the molecule is Cc1nn(CCCNC(=O)Cn2nc(C)c3c(-c4ccco4)ccnc32)c(C)c1Br. The van der Waals surface area contributed by atoms with E-state index in [9.17, 15) is 4.79 Å². The van der Waals surface area contributed by atoms with Gasteiger partial charge in [0.1, 0.15) is 12.3 Å². The molecule has 0 radical (unpaired) electrons. The molecule has 0 unspecified atom stereocenters. The second-order valence-corrected chi connectivity index (χ2v) is 7.98. The smallest absolute Gasteiger partial charge is 0.241 e. The van der Waals surface area contributed by atoms with Gasteiger partial charge in [-0.25, -0.2) is 9.67 Å². The first-order valence-corrected chi connectivity index (χ1v) is 10.6. The van der Waals surface area contributed by atoms with Crippen molar-refractivity contribution in [3.05, 3.63) is 52.2 Å². The highest BCUT2D eigenvalue weighted by molar-refractivity contribution is 9.10. The van der Waals surface area contributed by atoms with Crippen LogP contribution in [-0.2, 0) is 17.9 Å². The van der Waals surface area contributed by atoms with E-state index in [1.54, 1.807) is 17.1 Å². The van der Waals surface area contributed by atoms with Gasteiger partial charge in [0.15, 0.2) is 5.65 Å². The average Bonchev–Trinajstić information content (AvgIpc) is 3.43. The summed E-state index contributed by atoms with van der Waals surface area (Å²) in [6.45, 7) is 7.34. The van der Waals surface area contributed by atoms with E-state index in [1.807, 2.05) is 43.7 Å². The zero-order valence-electron chi connectivity index (χ0n) is 17.1. The number of furan rings is 1. The van der Waals surface area contributed by atoms with Gasteiger partial charge in [-0.05, 0) is 61.3 Å².